The highest BCUT2D eigenvalue weighted by Gasteiger charge is 2.27. The summed E-state index contributed by atoms with van der Waals surface area (Å²) in [6.07, 6.45) is 1.45. The quantitative estimate of drug-likeness (QED) is 0.199. The van der Waals surface area contributed by atoms with Gasteiger partial charge < -0.3 is 9.47 Å². The summed E-state index contributed by atoms with van der Waals surface area (Å²) in [4.78, 5) is 25.2. The number of carbonyl (C=O) groups is 2. The van der Waals surface area contributed by atoms with E-state index in [0.717, 1.165) is 21.5 Å². The first kappa shape index (κ1) is 27.0. The van der Waals surface area contributed by atoms with Crippen LogP contribution in [0.2, 0.25) is 5.02 Å². The zero-order valence-corrected chi connectivity index (χ0v) is 21.7. The number of ether oxygens (including phenoxy) is 2. The molecule has 0 aliphatic heterocycles. The van der Waals surface area contributed by atoms with Crippen LogP contribution < -0.4 is 9.04 Å². The fraction of sp³-hybridized carbons (Fsp3) is 0.185. The van der Waals surface area contributed by atoms with Gasteiger partial charge in [0.05, 0.1) is 34.8 Å². The summed E-state index contributed by atoms with van der Waals surface area (Å²) in [7, 11) is -2.59. The molecule has 0 heterocycles. The van der Waals surface area contributed by atoms with Crippen molar-refractivity contribution in [3.05, 3.63) is 101 Å². The average Bonchev–Trinajstić information content (AvgIpc) is 2.87. The molecule has 0 saturated carbocycles. The van der Waals surface area contributed by atoms with Crippen LogP contribution in [-0.4, -0.2) is 40.4 Å². The third-order valence-corrected chi connectivity index (χ3v) is 7.55. The van der Waals surface area contributed by atoms with Crippen LogP contribution in [0.15, 0.2) is 78.2 Å². The van der Waals surface area contributed by atoms with Gasteiger partial charge in [0.15, 0.2) is 6.61 Å². The molecule has 0 amide bonds. The molecule has 3 aromatic rings. The Balaban J connectivity index is 1.87. The van der Waals surface area contributed by atoms with Crippen molar-refractivity contribution in [1.29, 1.82) is 0 Å². The van der Waals surface area contributed by atoms with E-state index in [1.54, 1.807) is 37.3 Å². The molecule has 0 radical (unpaired) electrons. The number of Topliss-reactive ketones (excluding diaryl/α,β-unsaturated/α-hetero) is 1. The van der Waals surface area contributed by atoms with E-state index in [-0.39, 0.29) is 27.8 Å². The number of hydrogen-bond donors (Lipinski definition) is 0. The van der Waals surface area contributed by atoms with Crippen LogP contribution in [0.1, 0.15) is 31.8 Å². The summed E-state index contributed by atoms with van der Waals surface area (Å²) in [5, 5.41) is -0.00199. The highest BCUT2D eigenvalue weighted by atomic mass is 35.5. The minimum Gasteiger partial charge on any atom is -0.497 e. The van der Waals surface area contributed by atoms with Gasteiger partial charge in [0.2, 0.25) is 5.78 Å². The van der Waals surface area contributed by atoms with Crippen LogP contribution in [0, 0.1) is 13.8 Å². The summed E-state index contributed by atoms with van der Waals surface area (Å²) >= 11 is 6.19. The second-order valence-corrected chi connectivity index (χ2v) is 10.3. The van der Waals surface area contributed by atoms with Crippen LogP contribution in [0.4, 0.5) is 5.69 Å². The number of ketones is 1. The van der Waals surface area contributed by atoms with Crippen LogP contribution in [0.5, 0.6) is 5.75 Å². The summed E-state index contributed by atoms with van der Waals surface area (Å²) in [6.45, 7) is 6.77. The van der Waals surface area contributed by atoms with Crippen molar-refractivity contribution in [2.45, 2.75) is 18.7 Å². The van der Waals surface area contributed by atoms with E-state index in [1.807, 2.05) is 19.1 Å². The topological polar surface area (TPSA) is 90.0 Å². The molecule has 3 aromatic carbocycles. The molecule has 36 heavy (non-hydrogen) atoms. The summed E-state index contributed by atoms with van der Waals surface area (Å²) in [5.74, 6) is -0.710. The standard InChI is InChI=1S/C27H26ClNO6S/c1-5-14-29(20-8-10-21(34-4)11-9-20)36(32,33)22-12-13-25(28)24(16-22)27(31)35-17-26(30)23-15-18(2)6-7-19(23)3/h5-13,15-16H,1,14,17H2,2-4H3. The molecule has 0 fully saturated rings. The van der Waals surface area contributed by atoms with E-state index in [1.165, 1.54) is 25.3 Å². The Labute approximate surface area is 216 Å². The minimum atomic E-state index is -4.11. The Bertz CT molecular complexity index is 1400. The highest BCUT2D eigenvalue weighted by Crippen LogP contribution is 2.28. The third-order valence-electron chi connectivity index (χ3n) is 5.43. The number of sulfonamides is 1. The van der Waals surface area contributed by atoms with Gasteiger partial charge in [-0.05, 0) is 67.9 Å². The Hall–Kier alpha value is -3.62. The Morgan fingerprint density at radius 1 is 1.00 bits per heavy atom. The van der Waals surface area contributed by atoms with E-state index < -0.39 is 22.6 Å². The number of esters is 1. The smallest absolute Gasteiger partial charge is 0.340 e. The Kier molecular flexibility index (Phi) is 8.55. The van der Waals surface area contributed by atoms with Gasteiger partial charge in [-0.2, -0.15) is 0 Å². The predicted octanol–water partition coefficient (Wildman–Crippen LogP) is 5.39. The number of benzene rings is 3. The Morgan fingerprint density at radius 3 is 2.33 bits per heavy atom. The number of carbonyl (C=O) groups excluding carboxylic acids is 2. The lowest BCUT2D eigenvalue weighted by Crippen LogP contribution is -2.31. The van der Waals surface area contributed by atoms with E-state index in [4.69, 9.17) is 21.1 Å². The van der Waals surface area contributed by atoms with Crippen molar-refractivity contribution in [2.75, 3.05) is 24.6 Å². The summed E-state index contributed by atoms with van der Waals surface area (Å²) in [6, 6.07) is 15.6. The van der Waals surface area contributed by atoms with Crippen molar-refractivity contribution >= 4 is 39.1 Å². The molecule has 0 aliphatic carbocycles. The number of methoxy groups -OCH3 is 1. The predicted molar refractivity (Wildman–Crippen MR) is 140 cm³/mol. The number of hydrogen-bond acceptors (Lipinski definition) is 6. The molecule has 7 nitrogen and oxygen atoms in total. The Morgan fingerprint density at radius 2 is 1.69 bits per heavy atom. The molecule has 0 N–H and O–H groups in total. The van der Waals surface area contributed by atoms with E-state index in [2.05, 4.69) is 6.58 Å². The average molecular weight is 528 g/mol. The number of halogens is 1. The van der Waals surface area contributed by atoms with Crippen LogP contribution in [-0.2, 0) is 14.8 Å². The highest BCUT2D eigenvalue weighted by molar-refractivity contribution is 7.92. The monoisotopic (exact) mass is 527 g/mol. The zero-order chi connectivity index (χ0) is 26.5. The first-order valence-electron chi connectivity index (χ1n) is 10.9. The van der Waals surface area contributed by atoms with Crippen molar-refractivity contribution in [3.63, 3.8) is 0 Å². The first-order chi connectivity index (χ1) is 17.1. The molecule has 0 aliphatic rings. The van der Waals surface area contributed by atoms with Gasteiger partial charge in [0.25, 0.3) is 10.0 Å². The normalized spacial score (nSPS) is 11.0. The fourth-order valence-corrected chi connectivity index (χ4v) is 5.14. The fourth-order valence-electron chi connectivity index (χ4n) is 3.48. The van der Waals surface area contributed by atoms with Crippen molar-refractivity contribution in [3.8, 4) is 5.75 Å². The van der Waals surface area contributed by atoms with Crippen LogP contribution in [0.3, 0.4) is 0 Å². The number of aryl methyl sites for hydroxylation is 2. The van der Waals surface area contributed by atoms with E-state index >= 15 is 0 Å². The van der Waals surface area contributed by atoms with Crippen molar-refractivity contribution in [2.24, 2.45) is 0 Å². The van der Waals surface area contributed by atoms with Gasteiger partial charge in [-0.25, -0.2) is 13.2 Å². The summed E-state index contributed by atoms with van der Waals surface area (Å²) in [5.41, 5.74) is 2.32. The van der Waals surface area contributed by atoms with Gasteiger partial charge in [-0.1, -0.05) is 35.4 Å². The zero-order valence-electron chi connectivity index (χ0n) is 20.2. The SMILES string of the molecule is C=CCN(c1ccc(OC)cc1)S(=O)(=O)c1ccc(Cl)c(C(=O)OCC(=O)c2cc(C)ccc2C)c1. The number of anilines is 1. The molecule has 0 saturated heterocycles. The minimum absolute atomic E-state index is 0.00199. The number of nitrogens with zero attached hydrogens (tertiary/aromatic N) is 1. The summed E-state index contributed by atoms with van der Waals surface area (Å²) < 4.78 is 38.4. The second kappa shape index (κ2) is 11.4. The molecular weight excluding hydrogens is 502 g/mol. The number of rotatable bonds is 10. The largest absolute Gasteiger partial charge is 0.497 e. The molecule has 0 spiro atoms. The molecule has 0 bridgehead atoms. The van der Waals surface area contributed by atoms with E-state index in [0.29, 0.717) is 17.0 Å². The van der Waals surface area contributed by atoms with Crippen molar-refractivity contribution in [1.82, 2.24) is 0 Å². The third kappa shape index (κ3) is 5.95. The van der Waals surface area contributed by atoms with Crippen LogP contribution >= 0.6 is 11.6 Å². The van der Waals surface area contributed by atoms with Crippen LogP contribution in [0.25, 0.3) is 0 Å². The maximum Gasteiger partial charge on any atom is 0.340 e. The van der Waals surface area contributed by atoms with Gasteiger partial charge in [-0.15, -0.1) is 6.58 Å². The first-order valence-corrected chi connectivity index (χ1v) is 12.7. The van der Waals surface area contributed by atoms with Gasteiger partial charge >= 0.3 is 5.97 Å². The lowest BCUT2D eigenvalue weighted by Gasteiger charge is -2.23. The van der Waals surface area contributed by atoms with Gasteiger partial charge in [0, 0.05) is 5.56 Å². The lowest BCUT2D eigenvalue weighted by molar-refractivity contribution is 0.0474. The maximum absolute atomic E-state index is 13.5. The van der Waals surface area contributed by atoms with Gasteiger partial charge in [-0.3, -0.25) is 9.10 Å². The lowest BCUT2D eigenvalue weighted by atomic mass is 10.0. The molecule has 188 valence electrons. The van der Waals surface area contributed by atoms with Crippen molar-refractivity contribution < 1.29 is 27.5 Å². The molecule has 0 unspecified atom stereocenters. The van der Waals surface area contributed by atoms with E-state index in [9.17, 15) is 18.0 Å². The molecular formula is C27H26ClNO6S. The molecule has 9 heteroatoms. The molecule has 3 rings (SSSR count). The second-order valence-electron chi connectivity index (χ2n) is 7.98. The van der Waals surface area contributed by atoms with Gasteiger partial charge in [0.1, 0.15) is 5.75 Å². The molecule has 0 atom stereocenters. The molecule has 0 aromatic heterocycles. The maximum atomic E-state index is 13.5.